The Labute approximate surface area is 205 Å². The molecule has 0 saturated carbocycles. The number of carbonyl (C=O) groups is 1. The molecule has 2 fully saturated rings. The van der Waals surface area contributed by atoms with Gasteiger partial charge in [0, 0.05) is 62.9 Å². The van der Waals surface area contributed by atoms with Gasteiger partial charge in [-0.25, -0.2) is 14.8 Å². The molecule has 35 heavy (non-hydrogen) atoms. The second-order valence-electron chi connectivity index (χ2n) is 10.2. The number of benzene rings is 2. The Morgan fingerprint density at radius 1 is 1.00 bits per heavy atom. The molecule has 2 bridgehead atoms. The summed E-state index contributed by atoms with van der Waals surface area (Å²) >= 11 is 0. The molecule has 3 aliphatic rings. The molecule has 2 aliphatic heterocycles. The van der Waals surface area contributed by atoms with Crippen LogP contribution in [0.4, 0.5) is 10.7 Å². The molecule has 1 aromatic heterocycles. The van der Waals surface area contributed by atoms with Gasteiger partial charge in [-0.15, -0.1) is 0 Å². The molecule has 2 aromatic carbocycles. The Morgan fingerprint density at radius 2 is 1.54 bits per heavy atom. The second-order valence-corrected chi connectivity index (χ2v) is 10.2. The van der Waals surface area contributed by atoms with Crippen LogP contribution in [0.3, 0.4) is 0 Å². The van der Waals surface area contributed by atoms with Crippen molar-refractivity contribution in [1.29, 1.82) is 0 Å². The number of anilines is 1. The monoisotopic (exact) mass is 470 g/mol. The van der Waals surface area contributed by atoms with Crippen molar-refractivity contribution in [2.45, 2.75) is 49.3 Å². The lowest BCUT2D eigenvalue weighted by molar-refractivity contribution is -0.0535. The summed E-state index contributed by atoms with van der Waals surface area (Å²) in [6, 6.07) is 16.6. The van der Waals surface area contributed by atoms with Crippen molar-refractivity contribution in [3.05, 3.63) is 77.6 Å². The van der Waals surface area contributed by atoms with E-state index < -0.39 is 5.60 Å². The minimum Gasteiger partial charge on any atom is -0.448 e. The number of carbonyl (C=O) groups excluding carboxylic acids is 1. The van der Waals surface area contributed by atoms with Gasteiger partial charge in [0.05, 0.1) is 5.60 Å². The zero-order chi connectivity index (χ0) is 24.2. The van der Waals surface area contributed by atoms with Gasteiger partial charge in [0.1, 0.15) is 6.61 Å². The number of nitrogens with zero attached hydrogens (tertiary/aromatic N) is 4. The Bertz CT molecular complexity index is 1200. The molecule has 2 saturated heterocycles. The summed E-state index contributed by atoms with van der Waals surface area (Å²) in [4.78, 5) is 25.8. The van der Waals surface area contributed by atoms with Gasteiger partial charge in [0.15, 0.2) is 0 Å². The van der Waals surface area contributed by atoms with E-state index in [-0.39, 0.29) is 24.1 Å². The summed E-state index contributed by atoms with van der Waals surface area (Å²) in [6.07, 6.45) is 5.83. The van der Waals surface area contributed by atoms with Gasteiger partial charge >= 0.3 is 6.09 Å². The molecule has 2 unspecified atom stereocenters. The molecule has 180 valence electrons. The van der Waals surface area contributed by atoms with E-state index in [1.165, 1.54) is 22.3 Å². The highest BCUT2D eigenvalue weighted by atomic mass is 16.6. The lowest BCUT2D eigenvalue weighted by atomic mass is 9.82. The maximum absolute atomic E-state index is 13.3. The number of hydrogen-bond acceptors (Lipinski definition) is 6. The van der Waals surface area contributed by atoms with Gasteiger partial charge in [-0.2, -0.15) is 0 Å². The van der Waals surface area contributed by atoms with Crippen LogP contribution >= 0.6 is 0 Å². The van der Waals surface area contributed by atoms with Crippen LogP contribution in [-0.2, 0) is 10.3 Å². The van der Waals surface area contributed by atoms with E-state index in [0.29, 0.717) is 31.0 Å². The highest BCUT2D eigenvalue weighted by molar-refractivity contribution is 5.79. The van der Waals surface area contributed by atoms with Gasteiger partial charge < -0.3 is 19.6 Å². The molecule has 0 spiro atoms. The SMILES string of the molecule is CN(C)c1ncc(C2(O)CC3CCC(C2)N3C(=O)OCC2c3ccccc3-c3ccccc32)cn1. The molecule has 3 aromatic rings. The van der Waals surface area contributed by atoms with E-state index in [1.807, 2.05) is 36.0 Å². The van der Waals surface area contributed by atoms with Gasteiger partial charge in [-0.1, -0.05) is 48.5 Å². The first kappa shape index (κ1) is 22.0. The molecule has 6 rings (SSSR count). The van der Waals surface area contributed by atoms with E-state index in [0.717, 1.165) is 12.8 Å². The standard InChI is InChI=1S/C28H30N4O3/c1-31(2)26-29-15-18(16-30-26)28(34)13-19-11-12-20(14-28)32(19)27(33)35-17-25-23-9-5-3-7-21(23)22-8-4-6-10-24(22)25/h3-10,15-16,19-20,25,34H,11-14,17H2,1-2H3. The minimum atomic E-state index is -1.03. The van der Waals surface area contributed by atoms with E-state index in [4.69, 9.17) is 4.74 Å². The Morgan fingerprint density at radius 3 is 2.09 bits per heavy atom. The van der Waals surface area contributed by atoms with Crippen LogP contribution in [-0.4, -0.2) is 58.9 Å². The minimum absolute atomic E-state index is 0.0399. The quantitative estimate of drug-likeness (QED) is 0.612. The fourth-order valence-corrected chi connectivity index (χ4v) is 6.22. The van der Waals surface area contributed by atoms with Crippen LogP contribution in [0.15, 0.2) is 60.9 Å². The number of aliphatic hydroxyl groups is 1. The molecule has 2 atom stereocenters. The third kappa shape index (κ3) is 3.65. The van der Waals surface area contributed by atoms with Gasteiger partial charge in [-0.3, -0.25) is 0 Å². The van der Waals surface area contributed by atoms with E-state index in [9.17, 15) is 9.90 Å². The van der Waals surface area contributed by atoms with Crippen LogP contribution in [0.1, 0.15) is 48.3 Å². The third-order valence-corrected chi connectivity index (χ3v) is 7.89. The maximum atomic E-state index is 13.3. The molecular formula is C28H30N4O3. The van der Waals surface area contributed by atoms with Crippen molar-refractivity contribution in [2.75, 3.05) is 25.6 Å². The average molecular weight is 471 g/mol. The Balaban J connectivity index is 1.17. The van der Waals surface area contributed by atoms with Crippen LogP contribution in [0.25, 0.3) is 11.1 Å². The summed E-state index contributed by atoms with van der Waals surface area (Å²) in [5.74, 6) is 0.648. The van der Waals surface area contributed by atoms with E-state index in [1.54, 1.807) is 12.4 Å². The topological polar surface area (TPSA) is 78.8 Å². The summed E-state index contributed by atoms with van der Waals surface area (Å²) in [6.45, 7) is 0.312. The van der Waals surface area contributed by atoms with Crippen molar-refractivity contribution in [2.24, 2.45) is 0 Å². The zero-order valence-electron chi connectivity index (χ0n) is 20.1. The molecule has 1 aliphatic carbocycles. The molecule has 1 amide bonds. The van der Waals surface area contributed by atoms with Crippen molar-refractivity contribution >= 4 is 12.0 Å². The number of hydrogen-bond donors (Lipinski definition) is 1. The smallest absolute Gasteiger partial charge is 0.410 e. The third-order valence-electron chi connectivity index (χ3n) is 7.89. The number of fused-ring (bicyclic) bond motifs is 5. The average Bonchev–Trinajstić information content (AvgIpc) is 3.34. The van der Waals surface area contributed by atoms with E-state index >= 15 is 0 Å². The first-order valence-electron chi connectivity index (χ1n) is 12.3. The van der Waals surface area contributed by atoms with Gasteiger partial charge in [0.25, 0.3) is 0 Å². The normalized spacial score (nSPS) is 24.7. The number of aromatic nitrogens is 2. The molecule has 1 N–H and O–H groups in total. The molecule has 7 nitrogen and oxygen atoms in total. The summed E-state index contributed by atoms with van der Waals surface area (Å²) in [5.41, 5.74) is 4.53. The fraction of sp³-hybridized carbons (Fsp3) is 0.393. The van der Waals surface area contributed by atoms with Crippen molar-refractivity contribution in [3.63, 3.8) is 0 Å². The van der Waals surface area contributed by atoms with Crippen molar-refractivity contribution in [1.82, 2.24) is 14.9 Å². The highest BCUT2D eigenvalue weighted by Crippen LogP contribution is 2.47. The summed E-state index contributed by atoms with van der Waals surface area (Å²) in [7, 11) is 3.77. The predicted molar refractivity (Wildman–Crippen MR) is 133 cm³/mol. The van der Waals surface area contributed by atoms with E-state index in [2.05, 4.69) is 46.4 Å². The molecular weight excluding hydrogens is 440 g/mol. The Kier molecular flexibility index (Phi) is 5.25. The van der Waals surface area contributed by atoms with Gasteiger partial charge in [-0.05, 0) is 35.1 Å². The van der Waals surface area contributed by atoms with Crippen molar-refractivity contribution in [3.8, 4) is 11.1 Å². The maximum Gasteiger partial charge on any atom is 0.410 e. The molecule has 0 radical (unpaired) electrons. The fourth-order valence-electron chi connectivity index (χ4n) is 6.22. The van der Waals surface area contributed by atoms with Crippen molar-refractivity contribution < 1.29 is 14.6 Å². The lowest BCUT2D eigenvalue weighted by Gasteiger charge is -2.43. The number of rotatable bonds is 4. The lowest BCUT2D eigenvalue weighted by Crippen LogP contribution is -2.52. The van der Waals surface area contributed by atoms with Crippen LogP contribution in [0.2, 0.25) is 0 Å². The number of amides is 1. The second kappa shape index (κ2) is 8.34. The Hall–Kier alpha value is -3.45. The van der Waals surface area contributed by atoms with Crippen LogP contribution < -0.4 is 4.90 Å². The molecule has 3 heterocycles. The largest absolute Gasteiger partial charge is 0.448 e. The summed E-state index contributed by atoms with van der Waals surface area (Å²) in [5, 5.41) is 11.5. The number of piperidine rings is 1. The first-order chi connectivity index (χ1) is 16.9. The first-order valence-corrected chi connectivity index (χ1v) is 12.3. The molecule has 7 heteroatoms. The predicted octanol–water partition coefficient (Wildman–Crippen LogP) is 4.31. The summed E-state index contributed by atoms with van der Waals surface area (Å²) < 4.78 is 5.95. The highest BCUT2D eigenvalue weighted by Gasteiger charge is 2.51. The zero-order valence-corrected chi connectivity index (χ0v) is 20.1. The van der Waals surface area contributed by atoms with Gasteiger partial charge in [0.2, 0.25) is 5.95 Å². The van der Waals surface area contributed by atoms with Crippen LogP contribution in [0.5, 0.6) is 0 Å². The van der Waals surface area contributed by atoms with Crippen LogP contribution in [0, 0.1) is 0 Å². The number of ether oxygens (including phenoxy) is 1.